The first kappa shape index (κ1) is 74.0. The second-order valence-corrected chi connectivity index (χ2v) is 19.0. The number of carbonyl (C=O) groups excluding carboxylic acids is 5. The molecule has 466 valence electrons. The quantitative estimate of drug-likeness (QED) is 0.0622. The van der Waals surface area contributed by atoms with E-state index < -0.39 is 42.2 Å². The molecule has 0 bridgehead atoms. The summed E-state index contributed by atoms with van der Waals surface area (Å²) < 4.78 is 89.9. The molecule has 3 aromatic rings. The molecular formula is C55H73ClF3InN8O17. The first-order valence-electron chi connectivity index (χ1n) is 27.1. The molecule has 0 atom stereocenters. The molecule has 2 amide bonds. The molecule has 0 spiro atoms. The number of alkyl halides is 3. The van der Waals surface area contributed by atoms with Crippen molar-refractivity contribution < 1.29 is 95.1 Å². The number of hydrogen-bond acceptors (Lipinski definition) is 23. The van der Waals surface area contributed by atoms with Crippen molar-refractivity contribution in [1.29, 1.82) is 5.26 Å². The van der Waals surface area contributed by atoms with Crippen molar-refractivity contribution >= 4 is 72.9 Å². The molecule has 1 fully saturated rings. The molecule has 25 nitrogen and oxygen atoms in total. The number of para-hydroxylation sites is 2. The summed E-state index contributed by atoms with van der Waals surface area (Å²) in [7, 11) is 1.54. The van der Waals surface area contributed by atoms with Crippen molar-refractivity contribution in [3.63, 3.8) is 0 Å². The monoisotopic (exact) mass is 1320 g/mol. The number of carbonyl (C=O) groups is 5. The number of anilines is 1. The zero-order valence-electron chi connectivity index (χ0n) is 47.6. The van der Waals surface area contributed by atoms with Gasteiger partial charge >= 0.3 is 32.0 Å². The first-order valence-corrected chi connectivity index (χ1v) is 27.5. The Hall–Kier alpha value is -5.30. The van der Waals surface area contributed by atoms with Crippen LogP contribution in [0, 0.1) is 11.3 Å². The van der Waals surface area contributed by atoms with E-state index >= 15 is 0 Å². The Morgan fingerprint density at radius 1 is 0.600 bits per heavy atom. The van der Waals surface area contributed by atoms with Crippen LogP contribution >= 0.6 is 11.6 Å². The number of nitrogens with zero attached hydrogens (tertiary/aromatic N) is 7. The molecule has 1 saturated heterocycles. The van der Waals surface area contributed by atoms with Crippen LogP contribution < -0.4 is 30.3 Å². The summed E-state index contributed by atoms with van der Waals surface area (Å²) >= 11 is 6.37. The summed E-state index contributed by atoms with van der Waals surface area (Å²) in [5.74, 6) is -4.26. The molecule has 0 radical (unpaired) electrons. The van der Waals surface area contributed by atoms with E-state index in [1.807, 2.05) is 0 Å². The number of aliphatic carboxylic acids is 3. The minimum Gasteiger partial charge on any atom is -0.549 e. The number of aromatic nitrogens is 1. The molecule has 4 rings (SSSR count). The van der Waals surface area contributed by atoms with Crippen molar-refractivity contribution in [2.24, 2.45) is 0 Å². The van der Waals surface area contributed by atoms with Crippen LogP contribution in [0.4, 0.5) is 18.9 Å². The van der Waals surface area contributed by atoms with E-state index in [-0.39, 0.29) is 157 Å². The molecule has 0 aliphatic carbocycles. The molecule has 2 aromatic carbocycles. The number of carboxylic acids is 3. The number of hydrogen-bond donors (Lipinski definition) is 1. The zero-order valence-corrected chi connectivity index (χ0v) is 51.6. The fourth-order valence-electron chi connectivity index (χ4n) is 8.07. The second-order valence-electron chi connectivity index (χ2n) is 18.6. The van der Waals surface area contributed by atoms with Gasteiger partial charge < -0.3 is 82.6 Å². The van der Waals surface area contributed by atoms with Gasteiger partial charge in [0.2, 0.25) is 5.91 Å². The third kappa shape index (κ3) is 30.8. The molecule has 30 heteroatoms. The molecule has 2 heterocycles. The molecule has 0 saturated carbocycles. The van der Waals surface area contributed by atoms with Crippen LogP contribution in [0.2, 0.25) is 5.02 Å². The maximum absolute atomic E-state index is 13.6. The summed E-state index contributed by atoms with van der Waals surface area (Å²) in [5, 5.41) is 46.6. The number of nitrogens with one attached hydrogen (secondary N) is 1. The van der Waals surface area contributed by atoms with Gasteiger partial charge in [0.1, 0.15) is 18.1 Å². The van der Waals surface area contributed by atoms with Gasteiger partial charge in [-0.15, -0.1) is 0 Å². The molecule has 1 aromatic heterocycles. The number of amides is 2. The third-order valence-electron chi connectivity index (χ3n) is 12.4. The molecular weight excluding hydrogens is 1250 g/mol. The minimum atomic E-state index is -4.75. The van der Waals surface area contributed by atoms with Crippen molar-refractivity contribution in [1.82, 2.24) is 29.9 Å². The van der Waals surface area contributed by atoms with Gasteiger partial charge in [0.25, 0.3) is 5.91 Å². The predicted molar refractivity (Wildman–Crippen MR) is 295 cm³/mol. The first-order chi connectivity index (χ1) is 40.4. The molecule has 1 aliphatic rings. The van der Waals surface area contributed by atoms with Crippen molar-refractivity contribution in [3.05, 3.63) is 76.6 Å². The Bertz CT molecular complexity index is 2490. The largest absolute Gasteiger partial charge is 3.00 e. The number of benzene rings is 2. The Morgan fingerprint density at radius 3 is 1.41 bits per heavy atom. The maximum Gasteiger partial charge on any atom is 3.00 e. The van der Waals surface area contributed by atoms with E-state index in [4.69, 9.17) is 54.2 Å². The van der Waals surface area contributed by atoms with E-state index in [2.05, 4.69) is 10.3 Å². The van der Waals surface area contributed by atoms with Crippen LogP contribution in [0.3, 0.4) is 0 Å². The van der Waals surface area contributed by atoms with Crippen molar-refractivity contribution in [2.45, 2.75) is 6.18 Å². The minimum absolute atomic E-state index is 0. The average molecular weight is 1330 g/mol. The summed E-state index contributed by atoms with van der Waals surface area (Å²) in [6.45, 7) is 6.52. The Morgan fingerprint density at radius 2 is 1.00 bits per heavy atom. The topological polar surface area (TPSA) is 303 Å². The SMILES string of the molecule is CN(C(=O)c1ccc(Cl)c(-c2cnc(C(F)(F)F)cc2C#N)c1)c1ccccc1OCCOCCOCCOCCOCCOCCOCCOCCOCCNC(=O)CN1CCN(CC(=O)[O-])CCN(CC(=O)[O-])CCN(CC(=O)[O-])CC1.[In+3]. The summed E-state index contributed by atoms with van der Waals surface area (Å²) in [6, 6.07) is 13.5. The van der Waals surface area contributed by atoms with Crippen LogP contribution in [0.1, 0.15) is 21.6 Å². The van der Waals surface area contributed by atoms with Gasteiger partial charge in [-0.3, -0.25) is 34.2 Å². The van der Waals surface area contributed by atoms with Crippen LogP contribution in [0.25, 0.3) is 11.1 Å². The number of ether oxygens (including phenoxy) is 9. The summed E-state index contributed by atoms with van der Waals surface area (Å²) in [6.07, 6.45) is -3.84. The maximum atomic E-state index is 13.6. The van der Waals surface area contributed by atoms with E-state index in [0.29, 0.717) is 110 Å². The van der Waals surface area contributed by atoms with Gasteiger partial charge in [0.05, 0.1) is 147 Å². The number of rotatable bonds is 39. The van der Waals surface area contributed by atoms with E-state index in [1.165, 1.54) is 23.1 Å². The van der Waals surface area contributed by atoms with Crippen LogP contribution in [0.5, 0.6) is 5.75 Å². The molecule has 1 aliphatic heterocycles. The van der Waals surface area contributed by atoms with Crippen LogP contribution in [-0.4, -0.2) is 285 Å². The van der Waals surface area contributed by atoms with E-state index in [1.54, 1.807) is 57.0 Å². The Balaban J connectivity index is 0.0000189. The fraction of sp³-hybridized carbons (Fsp3) is 0.582. The number of carboxylic acid groups (broad SMARTS) is 3. The number of pyridine rings is 1. The van der Waals surface area contributed by atoms with Gasteiger partial charge in [0.15, 0.2) is 0 Å². The normalized spacial score (nSPS) is 14.1. The van der Waals surface area contributed by atoms with Crippen molar-refractivity contribution in [3.8, 4) is 22.9 Å². The summed E-state index contributed by atoms with van der Waals surface area (Å²) in [5.41, 5.74) is -0.707. The predicted octanol–water partition coefficient (Wildman–Crippen LogP) is -1.71. The second kappa shape index (κ2) is 42.5. The van der Waals surface area contributed by atoms with Crippen LogP contribution in [-0.2, 0) is 63.2 Å². The van der Waals surface area contributed by atoms with Gasteiger partial charge in [-0.1, -0.05) is 23.7 Å². The Kier molecular flexibility index (Phi) is 37.0. The Labute approximate surface area is 515 Å². The van der Waals surface area contributed by atoms with Gasteiger partial charge in [-0.25, -0.2) is 0 Å². The summed E-state index contributed by atoms with van der Waals surface area (Å²) in [4.78, 5) is 71.9. The molecule has 85 heavy (non-hydrogen) atoms. The van der Waals surface area contributed by atoms with Crippen molar-refractivity contribution in [2.75, 3.05) is 209 Å². The smallest absolute Gasteiger partial charge is 0.549 e. The third-order valence-corrected chi connectivity index (χ3v) is 12.7. The van der Waals surface area contributed by atoms with Gasteiger partial charge in [-0.2, -0.15) is 18.4 Å². The van der Waals surface area contributed by atoms with Gasteiger partial charge in [-0.05, 0) is 36.4 Å². The van der Waals surface area contributed by atoms with E-state index in [9.17, 15) is 57.7 Å². The fourth-order valence-corrected chi connectivity index (χ4v) is 8.29. The molecule has 1 N–H and O–H groups in total. The number of nitriles is 1. The van der Waals surface area contributed by atoms with E-state index in [0.717, 1.165) is 6.20 Å². The van der Waals surface area contributed by atoms with Gasteiger partial charge in [0, 0.05) is 113 Å². The average Bonchev–Trinajstić information content (AvgIpc) is 2.34. The number of halogens is 4. The zero-order chi connectivity index (χ0) is 61.0. The standard InChI is InChI=1S/C55H76ClF3N8O17.In/c1-63(54(75)42-6-7-46(56)44(34-42)45-37-62-49(55(57,58)59)35-43(45)36-60)47-4-2-3-5-48(47)84-33-32-83-31-30-82-29-28-81-27-26-80-25-24-79-23-22-78-21-20-77-19-18-76-17-8-61-50(68)38-64-9-11-65(39-51(69)70)13-15-67(41-53(73)74)16-14-66(12-10-64)40-52(71)72;/h2-7,34-35,37H,8-33,38-41H2,1H3,(H,61,68)(H,69,70)(H,71,72)(H,73,74);/q;+3/p-3. The van der Waals surface area contributed by atoms with Crippen LogP contribution in [0.15, 0.2) is 54.7 Å². The molecule has 0 unspecified atom stereocenters.